The first-order valence-corrected chi connectivity index (χ1v) is 8.38. The minimum Gasteiger partial charge on any atom is -0.368 e. The van der Waals surface area contributed by atoms with Gasteiger partial charge in [0.05, 0.1) is 23.8 Å². The van der Waals surface area contributed by atoms with Crippen LogP contribution in [0.15, 0.2) is 42.7 Å². The largest absolute Gasteiger partial charge is 0.368 e. The van der Waals surface area contributed by atoms with Gasteiger partial charge in [0.25, 0.3) is 0 Å². The minimum atomic E-state index is -0.512. The number of likely N-dealkylation sites (tertiary alicyclic amines) is 1. The quantitative estimate of drug-likeness (QED) is 0.831. The molecule has 3 rings (SSSR count). The van der Waals surface area contributed by atoms with E-state index in [1.54, 1.807) is 18.1 Å². The molecule has 26 heavy (non-hydrogen) atoms. The SMILES string of the molecule is CN1C(=O)CCC(C(=O)Nc2cnn(CC(N)=O)c2)C1c1ccccc1. The molecule has 0 aliphatic carbocycles. The summed E-state index contributed by atoms with van der Waals surface area (Å²) in [6.07, 6.45) is 3.83. The summed E-state index contributed by atoms with van der Waals surface area (Å²) in [5, 5.41) is 6.82. The average molecular weight is 355 g/mol. The molecule has 1 saturated heterocycles. The van der Waals surface area contributed by atoms with E-state index in [1.807, 2.05) is 30.3 Å². The molecule has 0 saturated carbocycles. The van der Waals surface area contributed by atoms with E-state index in [-0.39, 0.29) is 30.3 Å². The molecule has 136 valence electrons. The van der Waals surface area contributed by atoms with Crippen molar-refractivity contribution in [1.82, 2.24) is 14.7 Å². The third-order valence-corrected chi connectivity index (χ3v) is 4.56. The molecule has 1 aromatic carbocycles. The topological polar surface area (TPSA) is 110 Å². The van der Waals surface area contributed by atoms with E-state index in [2.05, 4.69) is 10.4 Å². The number of benzene rings is 1. The number of nitrogens with two attached hydrogens (primary N) is 1. The number of hydrogen-bond acceptors (Lipinski definition) is 4. The number of piperidine rings is 1. The lowest BCUT2D eigenvalue weighted by Crippen LogP contribution is -2.44. The Bertz CT molecular complexity index is 817. The highest BCUT2D eigenvalue weighted by Gasteiger charge is 2.38. The number of primary amides is 1. The zero-order valence-corrected chi connectivity index (χ0v) is 14.5. The summed E-state index contributed by atoms with van der Waals surface area (Å²) in [5.74, 6) is -1.05. The number of hydrogen-bond donors (Lipinski definition) is 2. The number of nitrogens with one attached hydrogen (secondary N) is 1. The molecule has 3 N–H and O–H groups in total. The lowest BCUT2D eigenvalue weighted by Gasteiger charge is -2.38. The smallest absolute Gasteiger partial charge is 0.239 e. The normalized spacial score (nSPS) is 20.0. The van der Waals surface area contributed by atoms with Crippen LogP contribution in [0.4, 0.5) is 5.69 Å². The first-order chi connectivity index (χ1) is 12.5. The molecule has 0 radical (unpaired) electrons. The van der Waals surface area contributed by atoms with Crippen molar-refractivity contribution in [2.75, 3.05) is 12.4 Å². The Morgan fingerprint density at radius 3 is 2.73 bits per heavy atom. The van der Waals surface area contributed by atoms with E-state index in [4.69, 9.17) is 5.73 Å². The molecule has 2 atom stereocenters. The molecular formula is C18H21N5O3. The predicted molar refractivity (Wildman–Crippen MR) is 94.7 cm³/mol. The Hall–Kier alpha value is -3.16. The lowest BCUT2D eigenvalue weighted by molar-refractivity contribution is -0.140. The van der Waals surface area contributed by atoms with Gasteiger partial charge < -0.3 is 16.0 Å². The van der Waals surface area contributed by atoms with Crippen molar-refractivity contribution in [1.29, 1.82) is 0 Å². The van der Waals surface area contributed by atoms with Gasteiger partial charge in [0.2, 0.25) is 17.7 Å². The Balaban J connectivity index is 1.79. The minimum absolute atomic E-state index is 0.0252. The molecule has 1 aliphatic rings. The van der Waals surface area contributed by atoms with Crippen molar-refractivity contribution in [3.63, 3.8) is 0 Å². The Labute approximate surface area is 151 Å². The number of carbonyl (C=O) groups is 3. The second-order valence-electron chi connectivity index (χ2n) is 6.39. The second kappa shape index (κ2) is 7.38. The molecule has 1 fully saturated rings. The molecular weight excluding hydrogens is 334 g/mol. The zero-order chi connectivity index (χ0) is 18.7. The number of carbonyl (C=O) groups excluding carboxylic acids is 3. The van der Waals surface area contributed by atoms with Gasteiger partial charge in [-0.2, -0.15) is 5.10 Å². The molecule has 8 nitrogen and oxygen atoms in total. The van der Waals surface area contributed by atoms with Crippen LogP contribution in [0.2, 0.25) is 0 Å². The maximum Gasteiger partial charge on any atom is 0.239 e. The van der Waals surface area contributed by atoms with E-state index in [1.165, 1.54) is 10.9 Å². The van der Waals surface area contributed by atoms with Crippen LogP contribution in [-0.2, 0) is 20.9 Å². The molecule has 2 unspecified atom stereocenters. The third-order valence-electron chi connectivity index (χ3n) is 4.56. The maximum absolute atomic E-state index is 12.9. The first-order valence-electron chi connectivity index (χ1n) is 8.38. The summed E-state index contributed by atoms with van der Waals surface area (Å²) in [6, 6.07) is 9.21. The molecule has 1 aromatic heterocycles. The number of nitrogens with zero attached hydrogens (tertiary/aromatic N) is 3. The summed E-state index contributed by atoms with van der Waals surface area (Å²) in [4.78, 5) is 37.6. The van der Waals surface area contributed by atoms with Crippen LogP contribution in [0.5, 0.6) is 0 Å². The standard InChI is InChI=1S/C18H21N5O3/c1-22-16(25)8-7-14(17(22)12-5-3-2-4-6-12)18(26)21-13-9-20-23(10-13)11-15(19)24/h2-6,9-10,14,17H,7-8,11H2,1H3,(H2,19,24)(H,21,26). The number of aromatic nitrogens is 2. The van der Waals surface area contributed by atoms with E-state index >= 15 is 0 Å². The number of anilines is 1. The zero-order valence-electron chi connectivity index (χ0n) is 14.5. The first kappa shape index (κ1) is 17.7. The summed E-state index contributed by atoms with van der Waals surface area (Å²) in [7, 11) is 1.73. The van der Waals surface area contributed by atoms with Crippen LogP contribution < -0.4 is 11.1 Å². The summed E-state index contributed by atoms with van der Waals surface area (Å²) < 4.78 is 1.36. The Kier molecular flexibility index (Phi) is 5.01. The van der Waals surface area contributed by atoms with Crippen molar-refractivity contribution >= 4 is 23.4 Å². The van der Waals surface area contributed by atoms with Gasteiger partial charge in [-0.15, -0.1) is 0 Å². The fourth-order valence-corrected chi connectivity index (χ4v) is 3.33. The second-order valence-corrected chi connectivity index (χ2v) is 6.39. The van der Waals surface area contributed by atoms with Gasteiger partial charge in [-0.1, -0.05) is 30.3 Å². The van der Waals surface area contributed by atoms with Crippen molar-refractivity contribution < 1.29 is 14.4 Å². The Morgan fingerprint density at radius 2 is 2.04 bits per heavy atom. The van der Waals surface area contributed by atoms with Gasteiger partial charge in [-0.3, -0.25) is 19.1 Å². The highest BCUT2D eigenvalue weighted by Crippen LogP contribution is 2.36. The fraction of sp³-hybridized carbons (Fsp3) is 0.333. The molecule has 3 amide bonds. The fourth-order valence-electron chi connectivity index (χ4n) is 3.33. The average Bonchev–Trinajstić information content (AvgIpc) is 3.03. The molecule has 0 spiro atoms. The van der Waals surface area contributed by atoms with E-state index in [0.29, 0.717) is 18.5 Å². The molecule has 2 heterocycles. The highest BCUT2D eigenvalue weighted by molar-refractivity contribution is 5.94. The van der Waals surface area contributed by atoms with Gasteiger partial charge >= 0.3 is 0 Å². The van der Waals surface area contributed by atoms with Crippen LogP contribution in [0.3, 0.4) is 0 Å². The predicted octanol–water partition coefficient (Wildman–Crippen LogP) is 0.917. The van der Waals surface area contributed by atoms with Crippen LogP contribution in [0.1, 0.15) is 24.4 Å². The monoisotopic (exact) mass is 355 g/mol. The maximum atomic E-state index is 12.9. The van der Waals surface area contributed by atoms with Crippen LogP contribution in [-0.4, -0.2) is 39.4 Å². The van der Waals surface area contributed by atoms with Gasteiger partial charge in [0.1, 0.15) is 6.54 Å². The lowest BCUT2D eigenvalue weighted by atomic mass is 9.84. The molecule has 8 heteroatoms. The van der Waals surface area contributed by atoms with Gasteiger partial charge in [0, 0.05) is 19.7 Å². The Morgan fingerprint density at radius 1 is 1.31 bits per heavy atom. The molecule has 1 aliphatic heterocycles. The van der Waals surface area contributed by atoms with Gasteiger partial charge in [-0.25, -0.2) is 0 Å². The van der Waals surface area contributed by atoms with Crippen LogP contribution in [0, 0.1) is 5.92 Å². The van der Waals surface area contributed by atoms with Crippen LogP contribution >= 0.6 is 0 Å². The molecule has 0 bridgehead atoms. The third kappa shape index (κ3) is 3.74. The summed E-state index contributed by atoms with van der Waals surface area (Å²) >= 11 is 0. The van der Waals surface area contributed by atoms with E-state index in [0.717, 1.165) is 5.56 Å². The molecule has 2 aromatic rings. The summed E-state index contributed by atoms with van der Waals surface area (Å²) in [5.41, 5.74) is 6.55. The highest BCUT2D eigenvalue weighted by atomic mass is 16.2. The van der Waals surface area contributed by atoms with Crippen LogP contribution in [0.25, 0.3) is 0 Å². The van der Waals surface area contributed by atoms with Gasteiger partial charge in [0.15, 0.2) is 0 Å². The van der Waals surface area contributed by atoms with Crippen molar-refractivity contribution in [2.24, 2.45) is 11.7 Å². The number of amides is 3. The van der Waals surface area contributed by atoms with E-state index < -0.39 is 5.91 Å². The van der Waals surface area contributed by atoms with Crippen molar-refractivity contribution in [3.8, 4) is 0 Å². The van der Waals surface area contributed by atoms with Crippen molar-refractivity contribution in [3.05, 3.63) is 48.3 Å². The number of rotatable bonds is 5. The summed E-state index contributed by atoms with van der Waals surface area (Å²) in [6.45, 7) is -0.0524. The van der Waals surface area contributed by atoms with Gasteiger partial charge in [-0.05, 0) is 12.0 Å². The van der Waals surface area contributed by atoms with E-state index in [9.17, 15) is 14.4 Å². The van der Waals surface area contributed by atoms with Crippen molar-refractivity contribution in [2.45, 2.75) is 25.4 Å².